The monoisotopic (exact) mass is 468 g/mol. The molecule has 0 saturated heterocycles. The molecular formula is C21H23F3N4O5. The van der Waals surface area contributed by atoms with Crippen LogP contribution >= 0.6 is 0 Å². The van der Waals surface area contributed by atoms with Crippen molar-refractivity contribution in [3.8, 4) is 0 Å². The van der Waals surface area contributed by atoms with Crippen LogP contribution in [0.25, 0.3) is 0 Å². The number of alkyl halides is 3. The molecule has 9 nitrogen and oxygen atoms in total. The predicted octanol–water partition coefficient (Wildman–Crippen LogP) is 2.96. The van der Waals surface area contributed by atoms with Gasteiger partial charge in [-0.3, -0.25) is 14.6 Å². The number of aliphatic imine (C=N–C) groups is 1. The topological polar surface area (TPSA) is 137 Å². The Kier molecular flexibility index (Phi) is 7.06. The molecular weight excluding hydrogens is 445 g/mol. The number of nitrogens with one attached hydrogen (secondary N) is 1. The minimum absolute atomic E-state index is 0.121. The number of aromatic nitrogens is 2. The van der Waals surface area contributed by atoms with Crippen molar-refractivity contribution in [2.75, 3.05) is 11.9 Å². The number of rotatable bonds is 9. The van der Waals surface area contributed by atoms with E-state index >= 15 is 0 Å². The van der Waals surface area contributed by atoms with Crippen molar-refractivity contribution in [3.63, 3.8) is 0 Å². The second-order valence-electron chi connectivity index (χ2n) is 7.81. The van der Waals surface area contributed by atoms with E-state index in [2.05, 4.69) is 15.3 Å². The first-order valence-electron chi connectivity index (χ1n) is 10.2. The van der Waals surface area contributed by atoms with E-state index < -0.39 is 41.6 Å². The summed E-state index contributed by atoms with van der Waals surface area (Å²) in [6.07, 6.45) is -3.41. The number of aliphatic carboxylic acids is 2. The van der Waals surface area contributed by atoms with Gasteiger partial charge in [-0.25, -0.2) is 4.98 Å². The summed E-state index contributed by atoms with van der Waals surface area (Å²) in [7, 11) is 0. The van der Waals surface area contributed by atoms with Gasteiger partial charge in [0.1, 0.15) is 17.6 Å². The summed E-state index contributed by atoms with van der Waals surface area (Å²) < 4.78 is 41.7. The van der Waals surface area contributed by atoms with Crippen LogP contribution in [0.4, 0.5) is 19.0 Å². The van der Waals surface area contributed by atoms with Crippen molar-refractivity contribution in [1.29, 1.82) is 0 Å². The Morgan fingerprint density at radius 3 is 2.52 bits per heavy atom. The average molecular weight is 468 g/mol. The molecule has 0 spiro atoms. The molecule has 3 rings (SSSR count). The molecule has 12 heteroatoms. The minimum Gasteiger partial charge on any atom is -0.480 e. The number of carboxylic acids is 2. The summed E-state index contributed by atoms with van der Waals surface area (Å²) in [4.78, 5) is 32.1. The Morgan fingerprint density at radius 2 is 1.85 bits per heavy atom. The third kappa shape index (κ3) is 5.16. The number of carbonyl (C=O) groups is 2. The summed E-state index contributed by atoms with van der Waals surface area (Å²) in [6, 6.07) is 4.38. The Hall–Kier alpha value is -3.41. The van der Waals surface area contributed by atoms with E-state index in [0.717, 1.165) is 12.1 Å². The summed E-state index contributed by atoms with van der Waals surface area (Å²) in [5.74, 6) is -2.86. The Morgan fingerprint density at radius 1 is 1.15 bits per heavy atom. The molecule has 4 N–H and O–H groups in total. The number of imidazole rings is 1. The zero-order chi connectivity index (χ0) is 24.2. The second-order valence-corrected chi connectivity index (χ2v) is 7.81. The number of halogens is 3. The molecule has 1 aromatic carbocycles. The number of aliphatic hydroxyl groups excluding tert-OH is 1. The van der Waals surface area contributed by atoms with Gasteiger partial charge < -0.3 is 25.2 Å². The number of nitrogens with zero attached hydrogens (tertiary/aromatic N) is 3. The van der Waals surface area contributed by atoms with Crippen LogP contribution in [-0.2, 0) is 28.7 Å². The van der Waals surface area contributed by atoms with Crippen molar-refractivity contribution in [1.82, 2.24) is 9.55 Å². The number of aryl methyl sites for hydroxylation is 1. The van der Waals surface area contributed by atoms with Crippen molar-refractivity contribution in [2.45, 2.75) is 44.5 Å². The number of hydrogen-bond acceptors (Lipinski definition) is 6. The zero-order valence-electron chi connectivity index (χ0n) is 17.4. The maximum atomic E-state index is 13.3. The van der Waals surface area contributed by atoms with Crippen LogP contribution in [0.3, 0.4) is 0 Å². The second kappa shape index (κ2) is 9.61. The smallest absolute Gasteiger partial charge is 0.416 e. The average Bonchev–Trinajstić information content (AvgIpc) is 3.05. The SMILES string of the molecule is O=C(O)C(CCCCn1cnc2c1NC=NCC2O)(Cc1ccccc1C(F)(F)F)C(=O)O. The van der Waals surface area contributed by atoms with E-state index in [0.29, 0.717) is 24.5 Å². The van der Waals surface area contributed by atoms with E-state index in [9.17, 15) is 38.1 Å². The molecule has 0 bridgehead atoms. The third-order valence-corrected chi connectivity index (χ3v) is 5.64. The Bertz CT molecular complexity index is 1040. The van der Waals surface area contributed by atoms with Gasteiger partial charge in [0.05, 0.1) is 24.8 Å². The lowest BCUT2D eigenvalue weighted by molar-refractivity contribution is -0.166. The molecule has 178 valence electrons. The van der Waals surface area contributed by atoms with Gasteiger partial charge in [0, 0.05) is 6.54 Å². The van der Waals surface area contributed by atoms with Gasteiger partial charge in [0.25, 0.3) is 0 Å². The van der Waals surface area contributed by atoms with E-state index in [1.807, 2.05) is 0 Å². The maximum Gasteiger partial charge on any atom is 0.416 e. The molecule has 0 radical (unpaired) electrons. The van der Waals surface area contributed by atoms with Crippen molar-refractivity contribution in [2.24, 2.45) is 10.4 Å². The maximum absolute atomic E-state index is 13.3. The quantitative estimate of drug-likeness (QED) is 0.328. The third-order valence-electron chi connectivity index (χ3n) is 5.64. The number of aliphatic hydroxyl groups is 1. The van der Waals surface area contributed by atoms with Gasteiger partial charge in [-0.05, 0) is 37.3 Å². The highest BCUT2D eigenvalue weighted by Gasteiger charge is 2.47. The highest BCUT2D eigenvalue weighted by atomic mass is 19.4. The van der Waals surface area contributed by atoms with E-state index in [1.165, 1.54) is 24.8 Å². The van der Waals surface area contributed by atoms with Gasteiger partial charge in [-0.15, -0.1) is 0 Å². The number of hydrogen-bond donors (Lipinski definition) is 4. The van der Waals surface area contributed by atoms with Crippen LogP contribution in [0, 0.1) is 5.41 Å². The highest BCUT2D eigenvalue weighted by Crippen LogP contribution is 2.37. The molecule has 0 aliphatic carbocycles. The fourth-order valence-corrected chi connectivity index (χ4v) is 3.84. The van der Waals surface area contributed by atoms with Gasteiger partial charge in [-0.1, -0.05) is 18.2 Å². The molecule has 0 fully saturated rings. The lowest BCUT2D eigenvalue weighted by Gasteiger charge is -2.26. The molecule has 1 aliphatic rings. The molecule has 0 amide bonds. The lowest BCUT2D eigenvalue weighted by atomic mass is 9.76. The number of unbranched alkanes of at least 4 members (excludes halogenated alkanes) is 1. The lowest BCUT2D eigenvalue weighted by Crippen LogP contribution is -2.42. The fraction of sp³-hybridized carbons (Fsp3) is 0.429. The first-order valence-corrected chi connectivity index (χ1v) is 10.2. The predicted molar refractivity (Wildman–Crippen MR) is 111 cm³/mol. The summed E-state index contributed by atoms with van der Waals surface area (Å²) >= 11 is 0. The van der Waals surface area contributed by atoms with E-state index in [4.69, 9.17) is 0 Å². The molecule has 1 aliphatic heterocycles. The summed E-state index contributed by atoms with van der Waals surface area (Å²) in [6.45, 7) is 0.473. The highest BCUT2D eigenvalue weighted by molar-refractivity contribution is 5.98. The fourth-order valence-electron chi connectivity index (χ4n) is 3.84. The molecule has 1 aromatic heterocycles. The molecule has 1 unspecified atom stereocenters. The van der Waals surface area contributed by atoms with Crippen LogP contribution in [-0.4, -0.2) is 49.7 Å². The minimum atomic E-state index is -4.74. The van der Waals surface area contributed by atoms with E-state index in [1.54, 1.807) is 4.57 Å². The van der Waals surface area contributed by atoms with Crippen molar-refractivity contribution in [3.05, 3.63) is 47.4 Å². The summed E-state index contributed by atoms with van der Waals surface area (Å²) in [5.41, 5.74) is -3.44. The number of anilines is 1. The van der Waals surface area contributed by atoms with E-state index in [-0.39, 0.29) is 24.9 Å². The Labute approximate surface area is 186 Å². The van der Waals surface area contributed by atoms with Crippen LogP contribution in [0.1, 0.15) is 42.2 Å². The van der Waals surface area contributed by atoms with Crippen LogP contribution in [0.15, 0.2) is 35.6 Å². The van der Waals surface area contributed by atoms with Crippen molar-refractivity contribution < 1.29 is 38.1 Å². The van der Waals surface area contributed by atoms with Gasteiger partial charge >= 0.3 is 18.1 Å². The van der Waals surface area contributed by atoms with Crippen molar-refractivity contribution >= 4 is 24.1 Å². The van der Waals surface area contributed by atoms with Crippen LogP contribution in [0.5, 0.6) is 0 Å². The van der Waals surface area contributed by atoms with Gasteiger partial charge in [0.2, 0.25) is 0 Å². The van der Waals surface area contributed by atoms with Gasteiger partial charge in [-0.2, -0.15) is 13.2 Å². The number of carboxylic acid groups (broad SMARTS) is 2. The molecule has 0 saturated carbocycles. The normalized spacial score (nSPS) is 16.1. The van der Waals surface area contributed by atoms with Crippen LogP contribution in [0.2, 0.25) is 0 Å². The first kappa shape index (κ1) is 24.2. The van der Waals surface area contributed by atoms with Crippen LogP contribution < -0.4 is 5.32 Å². The molecule has 2 aromatic rings. The zero-order valence-corrected chi connectivity index (χ0v) is 17.4. The first-order chi connectivity index (χ1) is 15.6. The molecule has 1 atom stereocenters. The summed E-state index contributed by atoms with van der Waals surface area (Å²) in [5, 5.41) is 32.4. The molecule has 2 heterocycles. The van der Waals surface area contributed by atoms with Gasteiger partial charge in [0.15, 0.2) is 5.41 Å². The Balaban J connectivity index is 1.75. The number of benzene rings is 1. The number of fused-ring (bicyclic) bond motifs is 1. The largest absolute Gasteiger partial charge is 0.480 e. The molecule has 33 heavy (non-hydrogen) atoms. The standard InChI is InChI=1S/C21H23F3N4O5/c22-21(23,24)14-6-2-1-5-13(14)9-20(18(30)31,19(32)33)7-3-4-8-28-12-27-16-15(29)10-25-11-26-17(16)28/h1-2,5-6,11-12,15,29H,3-4,7-10H2,(H,25,26)(H,30,31)(H,32,33).